The molecule has 1 saturated heterocycles. The summed E-state index contributed by atoms with van der Waals surface area (Å²) in [4.78, 5) is 23.7. The number of aryl methyl sites for hydroxylation is 1. The van der Waals surface area contributed by atoms with Crippen LogP contribution in [0.2, 0.25) is 0 Å². The average Bonchev–Trinajstić information content (AvgIpc) is 2.65. The molecule has 7 nitrogen and oxygen atoms in total. The fraction of sp³-hybridized carbons (Fsp3) is 0.444. The monoisotopic (exact) mass is 378 g/mol. The fourth-order valence-corrected chi connectivity index (χ4v) is 4.43. The summed E-state index contributed by atoms with van der Waals surface area (Å²) in [5.74, 6) is 0.944. The van der Waals surface area contributed by atoms with Crippen molar-refractivity contribution in [2.45, 2.75) is 31.1 Å². The van der Waals surface area contributed by atoms with Crippen LogP contribution in [0.1, 0.15) is 35.2 Å². The third-order valence-electron chi connectivity index (χ3n) is 4.08. The van der Waals surface area contributed by atoms with Gasteiger partial charge in [-0.2, -0.15) is 4.31 Å². The summed E-state index contributed by atoms with van der Waals surface area (Å²) in [6.45, 7) is 2.19. The SMILES string of the molecule is C#CCNC(=O)COC(=O)c1ccc(C)c(S(=O)(=O)N2CCCCC2)c1. The van der Waals surface area contributed by atoms with Crippen molar-refractivity contribution in [3.63, 3.8) is 0 Å². The molecule has 0 spiro atoms. The molecule has 140 valence electrons. The zero-order valence-electron chi connectivity index (χ0n) is 14.7. The van der Waals surface area contributed by atoms with Crippen LogP contribution in [0.15, 0.2) is 23.1 Å². The Labute approximate surface area is 153 Å². The number of hydrogen-bond acceptors (Lipinski definition) is 5. The van der Waals surface area contributed by atoms with Gasteiger partial charge in [-0.15, -0.1) is 6.42 Å². The van der Waals surface area contributed by atoms with Crippen LogP contribution in [0.5, 0.6) is 0 Å². The minimum absolute atomic E-state index is 0.0408. The molecule has 1 aliphatic rings. The van der Waals surface area contributed by atoms with Gasteiger partial charge in [-0.05, 0) is 37.5 Å². The second-order valence-electron chi connectivity index (χ2n) is 6.00. The maximum absolute atomic E-state index is 12.9. The topological polar surface area (TPSA) is 92.8 Å². The molecule has 1 N–H and O–H groups in total. The van der Waals surface area contributed by atoms with Crippen molar-refractivity contribution in [2.24, 2.45) is 0 Å². The van der Waals surface area contributed by atoms with E-state index in [1.807, 2.05) is 0 Å². The molecule has 0 aliphatic carbocycles. The number of esters is 1. The molecule has 26 heavy (non-hydrogen) atoms. The van der Waals surface area contributed by atoms with Crippen LogP contribution in [0.25, 0.3) is 0 Å². The van der Waals surface area contributed by atoms with E-state index >= 15 is 0 Å². The van der Waals surface area contributed by atoms with Gasteiger partial charge in [-0.25, -0.2) is 13.2 Å². The zero-order valence-corrected chi connectivity index (χ0v) is 15.5. The standard InChI is InChI=1S/C18H22N2O5S/c1-3-9-19-17(21)13-25-18(22)15-8-7-14(2)16(12-15)26(23,24)20-10-5-4-6-11-20/h1,7-8,12H,4-6,9-11,13H2,2H3,(H,19,21). The Hall–Kier alpha value is -2.37. The first-order chi connectivity index (χ1) is 12.4. The van der Waals surface area contributed by atoms with E-state index in [0.29, 0.717) is 18.7 Å². The number of rotatable bonds is 6. The summed E-state index contributed by atoms with van der Waals surface area (Å²) >= 11 is 0. The van der Waals surface area contributed by atoms with Crippen LogP contribution >= 0.6 is 0 Å². The third kappa shape index (κ3) is 4.84. The van der Waals surface area contributed by atoms with Gasteiger partial charge < -0.3 is 10.1 Å². The minimum Gasteiger partial charge on any atom is -0.452 e. The number of carbonyl (C=O) groups is 2. The van der Waals surface area contributed by atoms with Crippen molar-refractivity contribution in [1.29, 1.82) is 0 Å². The van der Waals surface area contributed by atoms with Crippen LogP contribution in [0, 0.1) is 19.3 Å². The Kier molecular flexibility index (Phi) is 6.77. The number of amides is 1. The number of hydrogen-bond donors (Lipinski definition) is 1. The maximum atomic E-state index is 12.9. The van der Waals surface area contributed by atoms with Gasteiger partial charge in [0.25, 0.3) is 5.91 Å². The van der Waals surface area contributed by atoms with Gasteiger partial charge in [0.15, 0.2) is 6.61 Å². The van der Waals surface area contributed by atoms with E-state index in [2.05, 4.69) is 11.2 Å². The van der Waals surface area contributed by atoms with Crippen molar-refractivity contribution < 1.29 is 22.7 Å². The highest BCUT2D eigenvalue weighted by molar-refractivity contribution is 7.89. The molecule has 1 aromatic carbocycles. The summed E-state index contributed by atoms with van der Waals surface area (Å²) < 4.78 is 32.1. The summed E-state index contributed by atoms with van der Waals surface area (Å²) in [6.07, 6.45) is 7.69. The van der Waals surface area contributed by atoms with E-state index in [1.165, 1.54) is 16.4 Å². The zero-order chi connectivity index (χ0) is 19.2. The largest absolute Gasteiger partial charge is 0.452 e. The highest BCUT2D eigenvalue weighted by atomic mass is 32.2. The van der Waals surface area contributed by atoms with E-state index in [1.54, 1.807) is 13.0 Å². The molecule has 0 saturated carbocycles. The van der Waals surface area contributed by atoms with Gasteiger partial charge in [0.2, 0.25) is 10.0 Å². The Morgan fingerprint density at radius 2 is 1.96 bits per heavy atom. The predicted molar refractivity (Wildman–Crippen MR) is 95.9 cm³/mol. The van der Waals surface area contributed by atoms with Gasteiger partial charge in [-0.3, -0.25) is 4.79 Å². The van der Waals surface area contributed by atoms with Crippen molar-refractivity contribution in [1.82, 2.24) is 9.62 Å². The van der Waals surface area contributed by atoms with E-state index in [9.17, 15) is 18.0 Å². The fourth-order valence-electron chi connectivity index (χ4n) is 2.66. The number of terminal acetylenes is 1. The van der Waals surface area contributed by atoms with Crippen LogP contribution in [0.4, 0.5) is 0 Å². The first kappa shape index (κ1) is 19.9. The minimum atomic E-state index is -3.67. The van der Waals surface area contributed by atoms with Gasteiger partial charge in [0, 0.05) is 13.1 Å². The number of benzene rings is 1. The molecule has 0 unspecified atom stereocenters. The van der Waals surface area contributed by atoms with Crippen LogP contribution < -0.4 is 5.32 Å². The van der Waals surface area contributed by atoms with E-state index in [4.69, 9.17) is 11.2 Å². The van der Waals surface area contributed by atoms with Crippen molar-refractivity contribution in [3.8, 4) is 12.3 Å². The smallest absolute Gasteiger partial charge is 0.338 e. The van der Waals surface area contributed by atoms with Crippen LogP contribution in [-0.4, -0.2) is 50.8 Å². The summed E-state index contributed by atoms with van der Waals surface area (Å²) in [7, 11) is -3.67. The average molecular weight is 378 g/mol. The molecule has 1 aliphatic heterocycles. The number of nitrogens with zero attached hydrogens (tertiary/aromatic N) is 1. The van der Waals surface area contributed by atoms with Crippen LogP contribution in [-0.2, 0) is 19.6 Å². The van der Waals surface area contributed by atoms with Crippen LogP contribution in [0.3, 0.4) is 0 Å². The number of carbonyl (C=O) groups excluding carboxylic acids is 2. The molecule has 0 bridgehead atoms. The lowest BCUT2D eigenvalue weighted by Gasteiger charge is -2.26. The molecular formula is C18H22N2O5S. The quantitative estimate of drug-likeness (QED) is 0.591. The van der Waals surface area contributed by atoms with Crippen molar-refractivity contribution in [2.75, 3.05) is 26.2 Å². The normalized spacial score (nSPS) is 15.1. The molecule has 2 rings (SSSR count). The molecule has 1 fully saturated rings. The second kappa shape index (κ2) is 8.83. The highest BCUT2D eigenvalue weighted by Gasteiger charge is 2.28. The van der Waals surface area contributed by atoms with Gasteiger partial charge >= 0.3 is 5.97 Å². The molecular weight excluding hydrogens is 356 g/mol. The number of piperidine rings is 1. The van der Waals surface area contributed by atoms with E-state index in [-0.39, 0.29) is 17.0 Å². The highest BCUT2D eigenvalue weighted by Crippen LogP contribution is 2.24. The molecule has 1 heterocycles. The first-order valence-electron chi connectivity index (χ1n) is 8.34. The summed E-state index contributed by atoms with van der Waals surface area (Å²) in [5.41, 5.74) is 0.634. The van der Waals surface area contributed by atoms with Crippen molar-refractivity contribution >= 4 is 21.9 Å². The molecule has 8 heteroatoms. The maximum Gasteiger partial charge on any atom is 0.338 e. The lowest BCUT2D eigenvalue weighted by Crippen LogP contribution is -2.36. The first-order valence-corrected chi connectivity index (χ1v) is 9.78. The van der Waals surface area contributed by atoms with E-state index < -0.39 is 28.5 Å². The lowest BCUT2D eigenvalue weighted by atomic mass is 10.1. The molecule has 0 atom stereocenters. The molecule has 1 aromatic rings. The Balaban J connectivity index is 2.15. The number of ether oxygens (including phenoxy) is 1. The lowest BCUT2D eigenvalue weighted by molar-refractivity contribution is -0.123. The molecule has 0 aromatic heterocycles. The molecule has 0 radical (unpaired) electrons. The number of sulfonamides is 1. The summed E-state index contributed by atoms with van der Waals surface area (Å²) in [6, 6.07) is 4.35. The van der Waals surface area contributed by atoms with Crippen molar-refractivity contribution in [3.05, 3.63) is 29.3 Å². The Bertz CT molecular complexity index is 820. The molecule has 1 amide bonds. The van der Waals surface area contributed by atoms with Gasteiger partial charge in [0.05, 0.1) is 17.0 Å². The predicted octanol–water partition coefficient (Wildman–Crippen LogP) is 1.08. The van der Waals surface area contributed by atoms with E-state index in [0.717, 1.165) is 19.3 Å². The van der Waals surface area contributed by atoms with Gasteiger partial charge in [-0.1, -0.05) is 18.4 Å². The second-order valence-corrected chi connectivity index (χ2v) is 7.91. The number of nitrogens with one attached hydrogen (secondary N) is 1. The van der Waals surface area contributed by atoms with Gasteiger partial charge in [0.1, 0.15) is 0 Å². The summed E-state index contributed by atoms with van der Waals surface area (Å²) in [5, 5.41) is 2.37. The Morgan fingerprint density at radius 1 is 1.27 bits per heavy atom. The third-order valence-corrected chi connectivity index (χ3v) is 6.12. The Morgan fingerprint density at radius 3 is 2.62 bits per heavy atom.